The van der Waals surface area contributed by atoms with E-state index in [-0.39, 0.29) is 18.1 Å². The molecule has 2 atom stereocenters. The molecule has 0 bridgehead atoms. The number of aromatic nitrogens is 2. The number of hydrogen-bond donors (Lipinski definition) is 1. The number of hydrogen-bond acceptors (Lipinski definition) is 5. The molecule has 2 rings (SSSR count). The van der Waals surface area contributed by atoms with Gasteiger partial charge in [-0.25, -0.2) is 4.68 Å². The molecule has 23 heavy (non-hydrogen) atoms. The SMILES string of the molecule is COc1c(CNCCC(=O)N2C[C@H](C)O[C@@H](C)C2)c(C)nn1C. The van der Waals surface area contributed by atoms with E-state index in [2.05, 4.69) is 10.4 Å². The Morgan fingerprint density at radius 1 is 1.39 bits per heavy atom. The number of carbonyl (C=O) groups is 1. The molecule has 130 valence electrons. The number of nitrogens with one attached hydrogen (secondary N) is 1. The number of amides is 1. The normalized spacial score (nSPS) is 21.5. The second-order valence-corrected chi connectivity index (χ2v) is 6.18. The summed E-state index contributed by atoms with van der Waals surface area (Å²) in [4.78, 5) is 14.2. The van der Waals surface area contributed by atoms with Crippen molar-refractivity contribution < 1.29 is 14.3 Å². The fraction of sp³-hybridized carbons (Fsp3) is 0.750. The summed E-state index contributed by atoms with van der Waals surface area (Å²) in [6.07, 6.45) is 0.706. The van der Waals surface area contributed by atoms with Crippen LogP contribution in [0.2, 0.25) is 0 Å². The molecule has 0 unspecified atom stereocenters. The Balaban J connectivity index is 1.78. The van der Waals surface area contributed by atoms with E-state index in [1.807, 2.05) is 32.7 Å². The Morgan fingerprint density at radius 2 is 2.04 bits per heavy atom. The van der Waals surface area contributed by atoms with E-state index in [0.29, 0.717) is 32.6 Å². The van der Waals surface area contributed by atoms with E-state index < -0.39 is 0 Å². The zero-order valence-corrected chi connectivity index (χ0v) is 14.8. The van der Waals surface area contributed by atoms with Crippen LogP contribution in [0.25, 0.3) is 0 Å². The standard InChI is InChI=1S/C16H28N4O3/c1-11-9-20(10-12(2)23-11)15(21)6-7-17-8-14-13(3)18-19(4)16(14)22-5/h11-12,17H,6-10H2,1-5H3/t11-,12-/m0/s1. The first kappa shape index (κ1) is 17.7. The van der Waals surface area contributed by atoms with Crippen LogP contribution in [0.15, 0.2) is 0 Å². The maximum atomic E-state index is 12.3. The van der Waals surface area contributed by atoms with Gasteiger partial charge in [0.15, 0.2) is 0 Å². The van der Waals surface area contributed by atoms with Crippen molar-refractivity contribution in [1.82, 2.24) is 20.0 Å². The van der Waals surface area contributed by atoms with Gasteiger partial charge in [-0.15, -0.1) is 0 Å². The van der Waals surface area contributed by atoms with Gasteiger partial charge in [-0.1, -0.05) is 0 Å². The minimum atomic E-state index is 0.109. The Bertz CT molecular complexity index is 534. The van der Waals surface area contributed by atoms with Crippen LogP contribution in [0.1, 0.15) is 31.5 Å². The van der Waals surface area contributed by atoms with Crippen molar-refractivity contribution in [3.63, 3.8) is 0 Å². The van der Waals surface area contributed by atoms with Crippen LogP contribution in [0, 0.1) is 6.92 Å². The topological polar surface area (TPSA) is 68.6 Å². The minimum Gasteiger partial charge on any atom is -0.481 e. The van der Waals surface area contributed by atoms with Crippen LogP contribution in [-0.2, 0) is 23.1 Å². The highest BCUT2D eigenvalue weighted by Crippen LogP contribution is 2.20. The number of rotatable bonds is 6. The Morgan fingerprint density at radius 3 is 2.65 bits per heavy atom. The molecule has 1 saturated heterocycles. The summed E-state index contributed by atoms with van der Waals surface area (Å²) in [5.41, 5.74) is 1.98. The molecule has 7 nitrogen and oxygen atoms in total. The van der Waals surface area contributed by atoms with Crippen LogP contribution < -0.4 is 10.1 Å². The smallest absolute Gasteiger partial charge is 0.224 e. The predicted molar refractivity (Wildman–Crippen MR) is 87.4 cm³/mol. The summed E-state index contributed by atoms with van der Waals surface area (Å²) < 4.78 is 12.8. The molecule has 1 aromatic heterocycles. The molecule has 2 heterocycles. The first-order valence-corrected chi connectivity index (χ1v) is 8.12. The van der Waals surface area contributed by atoms with Crippen LogP contribution >= 0.6 is 0 Å². The van der Waals surface area contributed by atoms with Crippen molar-refractivity contribution in [2.45, 2.75) is 45.9 Å². The third-order valence-electron chi connectivity index (χ3n) is 4.07. The fourth-order valence-electron chi connectivity index (χ4n) is 3.09. The van der Waals surface area contributed by atoms with Crippen molar-refractivity contribution in [2.75, 3.05) is 26.7 Å². The lowest BCUT2D eigenvalue weighted by atomic mass is 10.2. The van der Waals surface area contributed by atoms with Gasteiger partial charge in [-0.3, -0.25) is 4.79 Å². The monoisotopic (exact) mass is 324 g/mol. The van der Waals surface area contributed by atoms with E-state index in [1.165, 1.54) is 0 Å². The zero-order valence-electron chi connectivity index (χ0n) is 14.8. The molecular formula is C16H28N4O3. The number of morpholine rings is 1. The Hall–Kier alpha value is -1.60. The van der Waals surface area contributed by atoms with Gasteiger partial charge in [0, 0.05) is 39.6 Å². The number of nitrogens with zero attached hydrogens (tertiary/aromatic N) is 3. The van der Waals surface area contributed by atoms with E-state index in [1.54, 1.807) is 11.8 Å². The summed E-state index contributed by atoms with van der Waals surface area (Å²) >= 11 is 0. The zero-order chi connectivity index (χ0) is 17.0. The molecule has 0 radical (unpaired) electrons. The molecular weight excluding hydrogens is 296 g/mol. The highest BCUT2D eigenvalue weighted by atomic mass is 16.5. The summed E-state index contributed by atoms with van der Waals surface area (Å²) in [7, 11) is 3.50. The predicted octanol–water partition coefficient (Wildman–Crippen LogP) is 0.853. The lowest BCUT2D eigenvalue weighted by Gasteiger charge is -2.35. The van der Waals surface area contributed by atoms with Crippen LogP contribution in [0.3, 0.4) is 0 Å². The summed E-state index contributed by atoms with van der Waals surface area (Å²) in [5, 5.41) is 7.66. The highest BCUT2D eigenvalue weighted by molar-refractivity contribution is 5.76. The first-order valence-electron chi connectivity index (χ1n) is 8.12. The average molecular weight is 324 g/mol. The largest absolute Gasteiger partial charge is 0.481 e. The third kappa shape index (κ3) is 4.45. The van der Waals surface area contributed by atoms with E-state index in [9.17, 15) is 4.79 Å². The molecule has 7 heteroatoms. The van der Waals surface area contributed by atoms with Crippen LogP contribution in [0.5, 0.6) is 5.88 Å². The molecule has 0 aromatic carbocycles. The molecule has 1 amide bonds. The van der Waals surface area contributed by atoms with Crippen molar-refractivity contribution in [2.24, 2.45) is 7.05 Å². The number of aryl methyl sites for hydroxylation is 2. The van der Waals surface area contributed by atoms with Crippen molar-refractivity contribution >= 4 is 5.91 Å². The molecule has 1 aliphatic rings. The van der Waals surface area contributed by atoms with Gasteiger partial charge in [-0.2, -0.15) is 5.10 Å². The molecule has 0 aliphatic carbocycles. The molecule has 1 N–H and O–H groups in total. The van der Waals surface area contributed by atoms with Gasteiger partial charge in [0.05, 0.1) is 30.6 Å². The van der Waals surface area contributed by atoms with Crippen molar-refractivity contribution in [1.29, 1.82) is 0 Å². The molecule has 0 saturated carbocycles. The van der Waals surface area contributed by atoms with Gasteiger partial charge >= 0.3 is 0 Å². The highest BCUT2D eigenvalue weighted by Gasteiger charge is 2.25. The number of methoxy groups -OCH3 is 1. The van der Waals surface area contributed by atoms with Crippen molar-refractivity contribution in [3.8, 4) is 5.88 Å². The fourth-order valence-corrected chi connectivity index (χ4v) is 3.09. The maximum Gasteiger partial charge on any atom is 0.224 e. The summed E-state index contributed by atoms with van der Waals surface area (Å²) in [6.45, 7) is 8.61. The van der Waals surface area contributed by atoms with Gasteiger partial charge < -0.3 is 19.7 Å². The second kappa shape index (κ2) is 7.79. The number of carbonyl (C=O) groups excluding carboxylic acids is 1. The average Bonchev–Trinajstić information content (AvgIpc) is 2.75. The molecule has 1 aromatic rings. The third-order valence-corrected chi connectivity index (χ3v) is 4.07. The lowest BCUT2D eigenvalue weighted by Crippen LogP contribution is -2.48. The number of ether oxygens (including phenoxy) is 2. The lowest BCUT2D eigenvalue weighted by molar-refractivity contribution is -0.143. The quantitative estimate of drug-likeness (QED) is 0.786. The van der Waals surface area contributed by atoms with Gasteiger partial charge in [0.2, 0.25) is 11.8 Å². The minimum absolute atomic E-state index is 0.109. The molecule has 1 aliphatic heterocycles. The van der Waals surface area contributed by atoms with Crippen LogP contribution in [0.4, 0.5) is 0 Å². The summed E-state index contributed by atoms with van der Waals surface area (Å²) in [5.74, 6) is 0.937. The van der Waals surface area contributed by atoms with Gasteiger partial charge in [-0.05, 0) is 20.8 Å². The molecule has 0 spiro atoms. The second-order valence-electron chi connectivity index (χ2n) is 6.18. The Labute approximate surface area is 137 Å². The van der Waals surface area contributed by atoms with E-state index in [4.69, 9.17) is 9.47 Å². The van der Waals surface area contributed by atoms with Gasteiger partial charge in [0.25, 0.3) is 0 Å². The first-order chi connectivity index (χ1) is 10.9. The molecule has 1 fully saturated rings. The Kier molecular flexibility index (Phi) is 6.01. The van der Waals surface area contributed by atoms with Crippen molar-refractivity contribution in [3.05, 3.63) is 11.3 Å². The van der Waals surface area contributed by atoms with E-state index >= 15 is 0 Å². The van der Waals surface area contributed by atoms with Crippen LogP contribution in [-0.4, -0.2) is 59.5 Å². The maximum absolute atomic E-state index is 12.3. The van der Waals surface area contributed by atoms with E-state index in [0.717, 1.165) is 17.1 Å². The summed E-state index contributed by atoms with van der Waals surface area (Å²) in [6, 6.07) is 0. The van der Waals surface area contributed by atoms with Gasteiger partial charge in [0.1, 0.15) is 0 Å².